The molecule has 1 nitrogen and oxygen atoms in total. The van der Waals surface area contributed by atoms with Crippen molar-refractivity contribution in [3.8, 4) is 6.07 Å². The van der Waals surface area contributed by atoms with E-state index in [2.05, 4.69) is 31.9 Å². The van der Waals surface area contributed by atoms with Crippen LogP contribution in [0.2, 0.25) is 0 Å². The number of hydrogen-bond acceptors (Lipinski definition) is 1. The molecule has 0 N–H and O–H groups in total. The third-order valence-electron chi connectivity index (χ3n) is 1.37. The largest absolute Gasteiger partial charge is 0.207 e. The van der Waals surface area contributed by atoms with Crippen LogP contribution in [0.15, 0.2) is 18.2 Å². The number of benzene rings is 1. The Morgan fingerprint density at radius 2 is 2.08 bits per heavy atom. The number of hydrogen-bond donors (Lipinski definition) is 0. The highest BCUT2D eigenvalue weighted by Gasteiger charge is 2.08. The highest BCUT2D eigenvalue weighted by molar-refractivity contribution is 9.24. The zero-order valence-corrected chi connectivity index (χ0v) is 9.06. The van der Waals surface area contributed by atoms with Crippen molar-refractivity contribution in [1.29, 1.82) is 5.26 Å². The van der Waals surface area contributed by atoms with Crippen LogP contribution in [0.25, 0.3) is 0 Å². The quantitative estimate of drug-likeness (QED) is 0.727. The van der Waals surface area contributed by atoms with E-state index in [-0.39, 0.29) is 3.74 Å². The van der Waals surface area contributed by atoms with Gasteiger partial charge in [-0.25, -0.2) is 4.39 Å². The highest BCUT2D eigenvalue weighted by atomic mass is 79.9. The third-order valence-corrected chi connectivity index (χ3v) is 2.36. The Balaban J connectivity index is 3.23. The Bertz CT molecular complexity index is 330. The molecule has 0 aliphatic rings. The van der Waals surface area contributed by atoms with Crippen molar-refractivity contribution in [2.45, 2.75) is 3.74 Å². The lowest BCUT2D eigenvalue weighted by Gasteiger charge is -2.03. The van der Waals surface area contributed by atoms with Gasteiger partial charge in [-0.3, -0.25) is 0 Å². The Labute approximate surface area is 86.5 Å². The summed E-state index contributed by atoms with van der Waals surface area (Å²) >= 11 is 6.48. The molecule has 0 saturated carbocycles. The van der Waals surface area contributed by atoms with Gasteiger partial charge in [0.05, 0.1) is 15.4 Å². The van der Waals surface area contributed by atoms with Crippen molar-refractivity contribution in [2.75, 3.05) is 0 Å². The lowest BCUT2D eigenvalue weighted by atomic mass is 10.1. The first-order valence-corrected chi connectivity index (χ1v) is 4.96. The van der Waals surface area contributed by atoms with Crippen LogP contribution in [0.3, 0.4) is 0 Å². The third kappa shape index (κ3) is 2.05. The fraction of sp³-hybridized carbons (Fsp3) is 0.125. The van der Waals surface area contributed by atoms with E-state index in [9.17, 15) is 4.39 Å². The first-order chi connectivity index (χ1) is 5.65. The minimum absolute atomic E-state index is 0.111. The van der Waals surface area contributed by atoms with Gasteiger partial charge in [-0.15, -0.1) is 0 Å². The molecule has 0 radical (unpaired) electrons. The molecule has 0 spiro atoms. The fourth-order valence-corrected chi connectivity index (χ4v) is 1.61. The SMILES string of the molecule is N#Cc1cc(F)ccc1C(Br)Br. The summed E-state index contributed by atoms with van der Waals surface area (Å²) in [5.74, 6) is -0.393. The summed E-state index contributed by atoms with van der Waals surface area (Å²) in [7, 11) is 0. The first kappa shape index (κ1) is 9.69. The Morgan fingerprint density at radius 1 is 1.42 bits per heavy atom. The molecule has 1 aromatic rings. The van der Waals surface area contributed by atoms with E-state index in [1.165, 1.54) is 12.1 Å². The summed E-state index contributed by atoms with van der Waals surface area (Å²) < 4.78 is 12.5. The van der Waals surface area contributed by atoms with Crippen molar-refractivity contribution in [2.24, 2.45) is 0 Å². The van der Waals surface area contributed by atoms with E-state index in [1.807, 2.05) is 6.07 Å². The van der Waals surface area contributed by atoms with Gasteiger partial charge in [0.25, 0.3) is 0 Å². The molecule has 62 valence electrons. The molecule has 1 rings (SSSR count). The molecule has 0 atom stereocenters. The summed E-state index contributed by atoms with van der Waals surface area (Å²) in [4.78, 5) is 0. The van der Waals surface area contributed by atoms with Gasteiger partial charge < -0.3 is 0 Å². The van der Waals surface area contributed by atoms with Gasteiger partial charge in [-0.2, -0.15) is 5.26 Å². The maximum absolute atomic E-state index is 12.6. The fourth-order valence-electron chi connectivity index (χ4n) is 0.816. The number of rotatable bonds is 1. The van der Waals surface area contributed by atoms with Crippen LogP contribution in [0.5, 0.6) is 0 Å². The average Bonchev–Trinajstić information content (AvgIpc) is 2.03. The first-order valence-electron chi connectivity index (χ1n) is 3.13. The van der Waals surface area contributed by atoms with E-state index >= 15 is 0 Å². The summed E-state index contributed by atoms with van der Waals surface area (Å²) in [5.41, 5.74) is 1.08. The lowest BCUT2D eigenvalue weighted by molar-refractivity contribution is 0.627. The lowest BCUT2D eigenvalue weighted by Crippen LogP contribution is -1.88. The zero-order valence-electron chi connectivity index (χ0n) is 5.89. The highest BCUT2D eigenvalue weighted by Crippen LogP contribution is 2.31. The average molecular weight is 293 g/mol. The summed E-state index contributed by atoms with van der Waals surface area (Å²) in [5, 5.41) is 8.63. The van der Waals surface area contributed by atoms with Gasteiger partial charge in [0.15, 0.2) is 0 Å². The minimum atomic E-state index is -0.393. The van der Waals surface area contributed by atoms with Crippen molar-refractivity contribution in [1.82, 2.24) is 0 Å². The second kappa shape index (κ2) is 4.01. The van der Waals surface area contributed by atoms with E-state index in [4.69, 9.17) is 5.26 Å². The molecule has 1 aromatic carbocycles. The normalized spacial score (nSPS) is 9.92. The number of halogens is 3. The van der Waals surface area contributed by atoms with Crippen LogP contribution in [-0.4, -0.2) is 0 Å². The van der Waals surface area contributed by atoms with Crippen LogP contribution in [0.4, 0.5) is 4.39 Å². The predicted molar refractivity (Wildman–Crippen MR) is 51.7 cm³/mol. The maximum atomic E-state index is 12.6. The molecule has 0 heterocycles. The molecule has 0 bridgehead atoms. The van der Waals surface area contributed by atoms with E-state index in [1.54, 1.807) is 6.07 Å². The number of alkyl halides is 2. The van der Waals surface area contributed by atoms with E-state index in [0.29, 0.717) is 5.56 Å². The Hall–Kier alpha value is -0.400. The Kier molecular flexibility index (Phi) is 3.24. The van der Waals surface area contributed by atoms with Gasteiger partial charge >= 0.3 is 0 Å². The van der Waals surface area contributed by atoms with Gasteiger partial charge in [-0.05, 0) is 17.7 Å². The number of nitriles is 1. The molecule has 12 heavy (non-hydrogen) atoms. The standard InChI is InChI=1S/C8H4Br2FN/c9-8(10)7-2-1-6(11)3-5(7)4-12/h1-3,8H. The molecular formula is C8H4Br2FN. The molecular weight excluding hydrogens is 289 g/mol. The summed E-state index contributed by atoms with van der Waals surface area (Å²) in [6.45, 7) is 0. The van der Waals surface area contributed by atoms with Crippen LogP contribution in [-0.2, 0) is 0 Å². The predicted octanol–water partition coefficient (Wildman–Crippen LogP) is 3.49. The topological polar surface area (TPSA) is 23.8 Å². The Morgan fingerprint density at radius 3 is 2.58 bits per heavy atom. The van der Waals surface area contributed by atoms with Gasteiger partial charge in [0.2, 0.25) is 0 Å². The smallest absolute Gasteiger partial charge is 0.124 e. The van der Waals surface area contributed by atoms with Crippen LogP contribution in [0.1, 0.15) is 14.9 Å². The molecule has 0 fully saturated rings. The maximum Gasteiger partial charge on any atom is 0.124 e. The van der Waals surface area contributed by atoms with Crippen molar-refractivity contribution in [3.63, 3.8) is 0 Å². The summed E-state index contributed by atoms with van der Waals surface area (Å²) in [6, 6.07) is 6.03. The van der Waals surface area contributed by atoms with Crippen molar-refractivity contribution >= 4 is 31.9 Å². The van der Waals surface area contributed by atoms with Crippen molar-refractivity contribution < 1.29 is 4.39 Å². The molecule has 0 aliphatic carbocycles. The zero-order chi connectivity index (χ0) is 9.14. The molecule has 0 amide bonds. The van der Waals surface area contributed by atoms with Gasteiger partial charge in [-0.1, -0.05) is 37.9 Å². The van der Waals surface area contributed by atoms with Crippen LogP contribution >= 0.6 is 31.9 Å². The molecule has 0 aliphatic heterocycles. The van der Waals surface area contributed by atoms with E-state index in [0.717, 1.165) is 5.56 Å². The summed E-state index contributed by atoms with van der Waals surface area (Å²) in [6.07, 6.45) is 0. The molecule has 0 aromatic heterocycles. The van der Waals surface area contributed by atoms with Gasteiger partial charge in [0, 0.05) is 0 Å². The van der Waals surface area contributed by atoms with Gasteiger partial charge in [0.1, 0.15) is 5.82 Å². The van der Waals surface area contributed by atoms with Crippen molar-refractivity contribution in [3.05, 3.63) is 35.1 Å². The molecule has 0 unspecified atom stereocenters. The van der Waals surface area contributed by atoms with Crippen LogP contribution < -0.4 is 0 Å². The molecule has 4 heteroatoms. The second-order valence-electron chi connectivity index (χ2n) is 2.14. The van der Waals surface area contributed by atoms with E-state index < -0.39 is 5.82 Å². The monoisotopic (exact) mass is 291 g/mol. The van der Waals surface area contributed by atoms with Crippen LogP contribution in [0, 0.1) is 17.1 Å². The number of nitrogens with zero attached hydrogens (tertiary/aromatic N) is 1. The second-order valence-corrected chi connectivity index (χ2v) is 5.20. The minimum Gasteiger partial charge on any atom is -0.207 e. The molecule has 0 saturated heterocycles.